The number of para-hydroxylation sites is 2. The van der Waals surface area contributed by atoms with Crippen molar-refractivity contribution >= 4 is 40.7 Å². The number of rotatable bonds is 11. The molecule has 8 nitrogen and oxygen atoms in total. The van der Waals surface area contributed by atoms with Gasteiger partial charge in [0.1, 0.15) is 18.1 Å². The van der Waals surface area contributed by atoms with Crippen molar-refractivity contribution in [1.29, 1.82) is 0 Å². The Morgan fingerprint density at radius 1 is 1.12 bits per heavy atom. The Hall–Kier alpha value is -3.04. The maximum atomic E-state index is 12.3. The van der Waals surface area contributed by atoms with Crippen LogP contribution < -0.4 is 14.8 Å². The molecule has 0 aliphatic carbocycles. The Morgan fingerprint density at radius 3 is 2.59 bits per heavy atom. The lowest BCUT2D eigenvalue weighted by Crippen LogP contribution is -2.18. The van der Waals surface area contributed by atoms with E-state index in [0.29, 0.717) is 39.7 Å². The van der Waals surface area contributed by atoms with E-state index in [1.165, 1.54) is 18.9 Å². The number of thioether (sulfide) groups is 1. The van der Waals surface area contributed by atoms with Crippen molar-refractivity contribution in [3.05, 3.63) is 59.4 Å². The van der Waals surface area contributed by atoms with Crippen LogP contribution in [0.4, 0.5) is 5.69 Å². The zero-order valence-corrected chi connectivity index (χ0v) is 19.3. The summed E-state index contributed by atoms with van der Waals surface area (Å²) in [4.78, 5) is 24.5. The van der Waals surface area contributed by atoms with Gasteiger partial charge in [-0.05, 0) is 43.3 Å². The van der Waals surface area contributed by atoms with E-state index in [-0.39, 0.29) is 24.6 Å². The van der Waals surface area contributed by atoms with Crippen LogP contribution in [0.25, 0.3) is 0 Å². The summed E-state index contributed by atoms with van der Waals surface area (Å²) >= 11 is 7.12. The molecule has 1 aromatic heterocycles. The summed E-state index contributed by atoms with van der Waals surface area (Å²) in [7, 11) is 1.52. The second-order valence-electron chi connectivity index (χ2n) is 6.64. The third-order valence-electron chi connectivity index (χ3n) is 4.39. The molecule has 0 aliphatic heterocycles. The molecule has 0 saturated heterocycles. The first-order chi connectivity index (χ1) is 15.5. The van der Waals surface area contributed by atoms with Crippen molar-refractivity contribution in [2.75, 3.05) is 18.2 Å². The van der Waals surface area contributed by atoms with Crippen LogP contribution in [-0.4, -0.2) is 39.3 Å². The van der Waals surface area contributed by atoms with Gasteiger partial charge in [-0.25, -0.2) is 0 Å². The molecule has 1 N–H and O–H groups in total. The first-order valence-electron chi connectivity index (χ1n) is 9.88. The van der Waals surface area contributed by atoms with E-state index in [1.807, 2.05) is 11.5 Å². The van der Waals surface area contributed by atoms with Crippen LogP contribution in [0.1, 0.15) is 19.2 Å². The number of nitrogens with one attached hydrogen (secondary N) is 1. The molecule has 0 unspecified atom stereocenters. The highest BCUT2D eigenvalue weighted by atomic mass is 35.5. The zero-order chi connectivity index (χ0) is 22.9. The molecule has 0 fully saturated rings. The maximum Gasteiger partial charge on any atom is 0.231 e. The molecule has 0 spiro atoms. The predicted molar refractivity (Wildman–Crippen MR) is 123 cm³/mol. The highest BCUT2D eigenvalue weighted by Crippen LogP contribution is 2.24. The Balaban J connectivity index is 1.51. The number of carbonyl (C=O) groups is 2. The summed E-state index contributed by atoms with van der Waals surface area (Å²) in [6, 6.07) is 14.1. The number of Topliss-reactive ketones (excluding diaryl/α,β-unsaturated/α-hetero) is 1. The molecular weight excluding hydrogens is 452 g/mol. The number of carbonyl (C=O) groups excluding carboxylic acids is 2. The van der Waals surface area contributed by atoms with Crippen molar-refractivity contribution < 1.29 is 19.1 Å². The fourth-order valence-electron chi connectivity index (χ4n) is 2.85. The number of hydrogen-bond acceptors (Lipinski definition) is 7. The molecule has 0 bridgehead atoms. The molecule has 168 valence electrons. The molecule has 0 saturated carbocycles. The van der Waals surface area contributed by atoms with Crippen molar-refractivity contribution in [2.24, 2.45) is 0 Å². The van der Waals surface area contributed by atoms with Crippen LogP contribution in [0.5, 0.6) is 11.5 Å². The number of benzene rings is 2. The van der Waals surface area contributed by atoms with Crippen LogP contribution in [0, 0.1) is 0 Å². The lowest BCUT2D eigenvalue weighted by molar-refractivity contribution is -0.123. The second kappa shape index (κ2) is 11.5. The quantitative estimate of drug-likeness (QED) is 0.328. The van der Waals surface area contributed by atoms with Gasteiger partial charge in [0, 0.05) is 11.6 Å². The Bertz CT molecular complexity index is 1070. The summed E-state index contributed by atoms with van der Waals surface area (Å²) in [5.74, 6) is 1.35. The van der Waals surface area contributed by atoms with Crippen LogP contribution in [-0.2, 0) is 22.7 Å². The highest BCUT2D eigenvalue weighted by molar-refractivity contribution is 7.99. The monoisotopic (exact) mass is 474 g/mol. The van der Waals surface area contributed by atoms with Crippen molar-refractivity contribution in [2.45, 2.75) is 31.7 Å². The fourth-order valence-corrected chi connectivity index (χ4v) is 3.85. The molecule has 3 rings (SSSR count). The van der Waals surface area contributed by atoms with E-state index in [1.54, 1.807) is 48.5 Å². The number of anilines is 1. The fraction of sp³-hybridized carbons (Fsp3) is 0.273. The zero-order valence-electron chi connectivity index (χ0n) is 17.7. The van der Waals surface area contributed by atoms with Gasteiger partial charge in [-0.15, -0.1) is 10.2 Å². The van der Waals surface area contributed by atoms with Gasteiger partial charge in [0.25, 0.3) is 0 Å². The highest BCUT2D eigenvalue weighted by Gasteiger charge is 2.16. The maximum absolute atomic E-state index is 12.3. The molecule has 10 heteroatoms. The van der Waals surface area contributed by atoms with Crippen molar-refractivity contribution in [1.82, 2.24) is 14.8 Å². The summed E-state index contributed by atoms with van der Waals surface area (Å²) < 4.78 is 12.8. The van der Waals surface area contributed by atoms with Crippen LogP contribution in [0.3, 0.4) is 0 Å². The van der Waals surface area contributed by atoms with Crippen molar-refractivity contribution in [3.8, 4) is 11.5 Å². The number of halogens is 1. The van der Waals surface area contributed by atoms with E-state index in [0.717, 1.165) is 0 Å². The van der Waals surface area contributed by atoms with E-state index in [2.05, 4.69) is 15.5 Å². The SMILES string of the molecule is CCn1c(COc2ccc(Cl)cc2)nnc1SCC(=O)CC(=O)Nc1ccccc1OC. The van der Waals surface area contributed by atoms with E-state index >= 15 is 0 Å². The predicted octanol–water partition coefficient (Wildman–Crippen LogP) is 4.23. The minimum Gasteiger partial charge on any atom is -0.495 e. The average Bonchev–Trinajstić information content (AvgIpc) is 3.19. The van der Waals surface area contributed by atoms with Crippen LogP contribution >= 0.6 is 23.4 Å². The van der Waals surface area contributed by atoms with Gasteiger partial charge >= 0.3 is 0 Å². The number of nitrogens with zero attached hydrogens (tertiary/aromatic N) is 3. The Kier molecular flexibility index (Phi) is 8.52. The Morgan fingerprint density at radius 2 is 1.88 bits per heavy atom. The largest absolute Gasteiger partial charge is 0.495 e. The Labute approximate surface area is 195 Å². The molecule has 1 heterocycles. The molecule has 32 heavy (non-hydrogen) atoms. The normalized spacial score (nSPS) is 10.6. The molecular formula is C22H23ClN4O4S. The minimum absolute atomic E-state index is 0.107. The topological polar surface area (TPSA) is 95.3 Å². The summed E-state index contributed by atoms with van der Waals surface area (Å²) in [6.07, 6.45) is -0.238. The molecule has 2 aromatic carbocycles. The van der Waals surface area contributed by atoms with E-state index < -0.39 is 5.91 Å². The van der Waals surface area contributed by atoms with Gasteiger partial charge in [-0.1, -0.05) is 35.5 Å². The van der Waals surface area contributed by atoms with Gasteiger partial charge in [0.2, 0.25) is 5.91 Å². The first kappa shape index (κ1) is 23.6. The minimum atomic E-state index is -0.394. The van der Waals surface area contributed by atoms with E-state index in [9.17, 15) is 9.59 Å². The van der Waals surface area contributed by atoms with Gasteiger partial charge in [-0.3, -0.25) is 9.59 Å². The second-order valence-corrected chi connectivity index (χ2v) is 8.02. The number of aromatic nitrogens is 3. The van der Waals surface area contributed by atoms with Gasteiger partial charge < -0.3 is 19.4 Å². The van der Waals surface area contributed by atoms with Crippen LogP contribution in [0.2, 0.25) is 5.02 Å². The van der Waals surface area contributed by atoms with Crippen LogP contribution in [0.15, 0.2) is 53.7 Å². The van der Waals surface area contributed by atoms with E-state index in [4.69, 9.17) is 21.1 Å². The third-order valence-corrected chi connectivity index (χ3v) is 5.67. The molecule has 0 radical (unpaired) electrons. The molecule has 1 amide bonds. The standard InChI is InChI=1S/C22H23ClN4O4S/c1-3-27-20(13-31-17-10-8-15(23)9-11-17)25-26-22(27)32-14-16(28)12-21(29)24-18-6-4-5-7-19(18)30-2/h4-11H,3,12-14H2,1-2H3,(H,24,29). The van der Waals surface area contributed by atoms with Gasteiger partial charge in [0.05, 0.1) is 25.0 Å². The molecule has 0 atom stereocenters. The molecule has 0 aliphatic rings. The summed E-state index contributed by atoms with van der Waals surface area (Å²) in [5, 5.41) is 12.3. The number of methoxy groups -OCH3 is 1. The summed E-state index contributed by atoms with van der Waals surface area (Å²) in [6.45, 7) is 2.82. The smallest absolute Gasteiger partial charge is 0.231 e. The number of hydrogen-bond donors (Lipinski definition) is 1. The van der Waals surface area contributed by atoms with Gasteiger partial charge in [-0.2, -0.15) is 0 Å². The number of ether oxygens (including phenoxy) is 2. The lowest BCUT2D eigenvalue weighted by atomic mass is 10.2. The molecule has 3 aromatic rings. The van der Waals surface area contributed by atoms with Crippen molar-refractivity contribution in [3.63, 3.8) is 0 Å². The lowest BCUT2D eigenvalue weighted by Gasteiger charge is -2.10. The third kappa shape index (κ3) is 6.48. The average molecular weight is 475 g/mol. The first-order valence-corrected chi connectivity index (χ1v) is 11.2. The summed E-state index contributed by atoms with van der Waals surface area (Å²) in [5.41, 5.74) is 0.525. The van der Waals surface area contributed by atoms with Gasteiger partial charge in [0.15, 0.2) is 16.8 Å². The number of ketones is 1. The number of amides is 1.